The summed E-state index contributed by atoms with van der Waals surface area (Å²) in [6.07, 6.45) is 11.0. The molecule has 2 aromatic heterocycles. The van der Waals surface area contributed by atoms with Crippen LogP contribution in [-0.4, -0.2) is 82.7 Å². The van der Waals surface area contributed by atoms with Gasteiger partial charge in [-0.1, -0.05) is 18.6 Å². The van der Waals surface area contributed by atoms with Crippen molar-refractivity contribution in [1.82, 2.24) is 19.8 Å². The minimum atomic E-state index is -0.528. The van der Waals surface area contributed by atoms with Crippen molar-refractivity contribution in [1.29, 1.82) is 5.26 Å². The molecule has 4 heterocycles. The average Bonchev–Trinajstić information content (AvgIpc) is 3.46. The number of benzene rings is 2. The number of nitriles is 1. The number of ether oxygens (including phenoxy) is 1. The van der Waals surface area contributed by atoms with Crippen molar-refractivity contribution < 1.29 is 19.0 Å². The molecule has 2 aliphatic rings. The molecule has 2 unspecified atom stereocenters. The maximum atomic E-state index is 14.8. The minimum absolute atomic E-state index is 0.00840. The second-order valence-corrected chi connectivity index (χ2v) is 11.5. The van der Waals surface area contributed by atoms with E-state index >= 15 is 0 Å². The van der Waals surface area contributed by atoms with Gasteiger partial charge in [0.15, 0.2) is 0 Å². The van der Waals surface area contributed by atoms with Crippen LogP contribution in [0.25, 0.3) is 32.9 Å². The number of likely N-dealkylation sites (N-methyl/N-ethyl adjacent to an activating group) is 1. The molecule has 9 nitrogen and oxygen atoms in total. The molecule has 0 radical (unpaired) electrons. The van der Waals surface area contributed by atoms with Crippen LogP contribution in [0.5, 0.6) is 11.6 Å². The summed E-state index contributed by atoms with van der Waals surface area (Å²) in [7, 11) is 2.09. The lowest BCUT2D eigenvalue weighted by molar-refractivity contribution is -0.128. The van der Waals surface area contributed by atoms with Gasteiger partial charge in [-0.05, 0) is 67.7 Å². The second kappa shape index (κ2) is 12.4. The molecule has 228 valence electrons. The number of likely N-dealkylation sites (tertiary alicyclic amines) is 1. The zero-order valence-electron chi connectivity index (χ0n) is 25.0. The number of piperazine rings is 1. The third-order valence-corrected chi connectivity index (χ3v) is 8.81. The first kappa shape index (κ1) is 29.9. The lowest BCUT2D eigenvalue weighted by atomic mass is 9.94. The van der Waals surface area contributed by atoms with E-state index in [1.54, 1.807) is 29.3 Å². The number of anilines is 1. The Kier molecular flexibility index (Phi) is 8.25. The third kappa shape index (κ3) is 5.73. The number of phenols is 1. The van der Waals surface area contributed by atoms with Gasteiger partial charge in [-0.25, -0.2) is 9.37 Å². The standard InChI is InChI=1S/C35H33FN6O3/c1-4-27-29(36)9-8-22-15-26(43)17-28(34(22)27)23-16-30-35(38-19-23)31(18-32(39-30)45-21-25-7-6-12-40(25)3)41-13-14-42(33(44)5-2)24(20-41)10-11-37/h1,5,8-9,15-19,24-25,43H,2,6-7,10,12-14,20-21H2,3H3. The molecule has 0 bridgehead atoms. The number of amides is 1. The monoisotopic (exact) mass is 604 g/mol. The van der Waals surface area contributed by atoms with Crippen molar-refractivity contribution in [2.45, 2.75) is 31.3 Å². The molecule has 10 heteroatoms. The van der Waals surface area contributed by atoms with Gasteiger partial charge in [0.1, 0.15) is 23.7 Å². The number of carbonyl (C=O) groups excluding carboxylic acids is 1. The molecule has 2 saturated heterocycles. The number of terminal acetylenes is 1. The summed E-state index contributed by atoms with van der Waals surface area (Å²) >= 11 is 0. The van der Waals surface area contributed by atoms with Crippen LogP contribution >= 0.6 is 0 Å². The maximum absolute atomic E-state index is 14.8. The molecule has 6 rings (SSSR count). The highest BCUT2D eigenvalue weighted by Gasteiger charge is 2.31. The number of pyridine rings is 2. The van der Waals surface area contributed by atoms with Crippen LogP contribution < -0.4 is 9.64 Å². The molecule has 1 amide bonds. The van der Waals surface area contributed by atoms with E-state index in [-0.39, 0.29) is 35.7 Å². The number of fused-ring (bicyclic) bond motifs is 2. The largest absolute Gasteiger partial charge is 0.508 e. The molecular formula is C35H33FN6O3. The predicted octanol–water partition coefficient (Wildman–Crippen LogP) is 4.87. The van der Waals surface area contributed by atoms with Crippen LogP contribution in [0.1, 0.15) is 24.8 Å². The van der Waals surface area contributed by atoms with E-state index in [1.165, 1.54) is 12.1 Å². The van der Waals surface area contributed by atoms with Crippen LogP contribution in [0.3, 0.4) is 0 Å². The van der Waals surface area contributed by atoms with E-state index in [9.17, 15) is 19.6 Å². The van der Waals surface area contributed by atoms with E-state index in [4.69, 9.17) is 21.1 Å². The lowest BCUT2D eigenvalue weighted by Gasteiger charge is -2.41. The Hall–Kier alpha value is -5.19. The fraction of sp³-hybridized carbons (Fsp3) is 0.314. The Balaban J connectivity index is 1.46. The topological polar surface area (TPSA) is 106 Å². The lowest BCUT2D eigenvalue weighted by Crippen LogP contribution is -2.55. The molecule has 2 aromatic carbocycles. The van der Waals surface area contributed by atoms with Gasteiger partial charge in [0.05, 0.1) is 35.3 Å². The molecule has 0 spiro atoms. The van der Waals surface area contributed by atoms with Gasteiger partial charge in [0.25, 0.3) is 0 Å². The summed E-state index contributed by atoms with van der Waals surface area (Å²) in [5, 5.41) is 21.2. The van der Waals surface area contributed by atoms with Gasteiger partial charge in [-0.15, -0.1) is 6.42 Å². The fourth-order valence-corrected chi connectivity index (χ4v) is 6.46. The number of phenolic OH excluding ortho intramolecular Hbond substituents is 1. The van der Waals surface area contributed by atoms with Gasteiger partial charge in [-0.3, -0.25) is 9.78 Å². The summed E-state index contributed by atoms with van der Waals surface area (Å²) in [6, 6.07) is 11.8. The number of hydrogen-bond acceptors (Lipinski definition) is 8. The van der Waals surface area contributed by atoms with Crippen LogP contribution in [0.4, 0.5) is 10.1 Å². The minimum Gasteiger partial charge on any atom is -0.508 e. The number of carbonyl (C=O) groups is 1. The number of aromatic nitrogens is 2. The van der Waals surface area contributed by atoms with Crippen molar-refractivity contribution in [2.75, 3.05) is 44.7 Å². The van der Waals surface area contributed by atoms with Crippen molar-refractivity contribution in [3.63, 3.8) is 0 Å². The molecule has 1 N–H and O–H groups in total. The maximum Gasteiger partial charge on any atom is 0.246 e. The number of aromatic hydroxyl groups is 1. The van der Waals surface area contributed by atoms with Crippen molar-refractivity contribution in [3.8, 4) is 41.2 Å². The summed E-state index contributed by atoms with van der Waals surface area (Å²) in [4.78, 5) is 28.3. The highest BCUT2D eigenvalue weighted by Crippen LogP contribution is 2.38. The predicted molar refractivity (Wildman–Crippen MR) is 171 cm³/mol. The smallest absolute Gasteiger partial charge is 0.246 e. The third-order valence-electron chi connectivity index (χ3n) is 8.81. The average molecular weight is 605 g/mol. The summed E-state index contributed by atoms with van der Waals surface area (Å²) in [6.45, 7) is 6.45. The molecule has 0 aliphatic carbocycles. The summed E-state index contributed by atoms with van der Waals surface area (Å²) in [5.41, 5.74) is 3.14. The van der Waals surface area contributed by atoms with Crippen LogP contribution in [0.15, 0.2) is 55.3 Å². The molecule has 45 heavy (non-hydrogen) atoms. The molecular weight excluding hydrogens is 571 g/mol. The van der Waals surface area contributed by atoms with Crippen LogP contribution in [0.2, 0.25) is 0 Å². The zero-order chi connectivity index (χ0) is 31.7. The van der Waals surface area contributed by atoms with Gasteiger partial charge >= 0.3 is 0 Å². The van der Waals surface area contributed by atoms with E-state index in [0.29, 0.717) is 65.1 Å². The molecule has 2 fully saturated rings. The van der Waals surface area contributed by atoms with Gasteiger partial charge in [0.2, 0.25) is 11.8 Å². The van der Waals surface area contributed by atoms with Gasteiger partial charge < -0.3 is 24.5 Å². The number of rotatable bonds is 7. The number of halogens is 1. The Morgan fingerprint density at radius 1 is 1.24 bits per heavy atom. The second-order valence-electron chi connectivity index (χ2n) is 11.5. The molecule has 4 aromatic rings. The van der Waals surface area contributed by atoms with Crippen LogP contribution in [-0.2, 0) is 4.79 Å². The van der Waals surface area contributed by atoms with E-state index in [1.807, 2.05) is 12.1 Å². The van der Waals surface area contributed by atoms with Gasteiger partial charge in [-0.2, -0.15) is 5.26 Å². The highest BCUT2D eigenvalue weighted by molar-refractivity contribution is 6.03. The quantitative estimate of drug-likeness (QED) is 0.236. The summed E-state index contributed by atoms with van der Waals surface area (Å²) in [5.74, 6) is 2.16. The van der Waals surface area contributed by atoms with E-state index in [2.05, 4.69) is 35.4 Å². The molecule has 2 atom stereocenters. The van der Waals surface area contributed by atoms with Gasteiger partial charge in [0, 0.05) is 48.9 Å². The van der Waals surface area contributed by atoms with Crippen molar-refractivity contribution in [2.24, 2.45) is 0 Å². The SMILES string of the molecule is C#Cc1c(F)ccc2cc(O)cc(-c3cnc4c(N5CCN(C(=O)C=C)C(CC#N)C5)cc(OCC5CCCN5C)nc4c3)c12. The van der Waals surface area contributed by atoms with Crippen molar-refractivity contribution >= 4 is 33.4 Å². The Labute approximate surface area is 261 Å². The Morgan fingerprint density at radius 2 is 2.09 bits per heavy atom. The molecule has 2 aliphatic heterocycles. The Bertz CT molecular complexity index is 1900. The highest BCUT2D eigenvalue weighted by atomic mass is 19.1. The number of hydrogen-bond donors (Lipinski definition) is 1. The normalized spacial score (nSPS) is 18.6. The zero-order valence-corrected chi connectivity index (χ0v) is 25.0. The summed E-state index contributed by atoms with van der Waals surface area (Å²) < 4.78 is 21.1. The first-order chi connectivity index (χ1) is 21.8. The molecule has 0 saturated carbocycles. The van der Waals surface area contributed by atoms with Crippen molar-refractivity contribution in [3.05, 3.63) is 66.6 Å². The van der Waals surface area contributed by atoms with E-state index in [0.717, 1.165) is 25.1 Å². The Morgan fingerprint density at radius 3 is 2.82 bits per heavy atom. The fourth-order valence-electron chi connectivity index (χ4n) is 6.46. The number of nitrogens with zero attached hydrogens (tertiary/aromatic N) is 6. The first-order valence-electron chi connectivity index (χ1n) is 14.9. The first-order valence-corrected chi connectivity index (χ1v) is 14.9. The van der Waals surface area contributed by atoms with E-state index < -0.39 is 5.82 Å². The van der Waals surface area contributed by atoms with Crippen LogP contribution in [0, 0.1) is 29.5 Å².